The summed E-state index contributed by atoms with van der Waals surface area (Å²) in [5, 5.41) is 5.53. The van der Waals surface area contributed by atoms with Gasteiger partial charge in [-0.2, -0.15) is 0 Å². The van der Waals surface area contributed by atoms with Crippen LogP contribution in [0.3, 0.4) is 0 Å². The molecule has 1 fully saturated rings. The van der Waals surface area contributed by atoms with Crippen molar-refractivity contribution in [3.63, 3.8) is 0 Å². The van der Waals surface area contributed by atoms with E-state index in [1.54, 1.807) is 12.3 Å². The summed E-state index contributed by atoms with van der Waals surface area (Å²) in [6.45, 7) is 4.14. The minimum atomic E-state index is -0.532. The number of ether oxygens (including phenoxy) is 1. The molecule has 0 radical (unpaired) electrons. The minimum absolute atomic E-state index is 0.181. The van der Waals surface area contributed by atoms with Crippen molar-refractivity contribution in [3.8, 4) is 0 Å². The number of rotatable bonds is 5. The van der Waals surface area contributed by atoms with Crippen molar-refractivity contribution in [2.24, 2.45) is 11.8 Å². The maximum Gasteiger partial charge on any atom is 0.331 e. The van der Waals surface area contributed by atoms with Gasteiger partial charge < -0.3 is 10.1 Å². The maximum atomic E-state index is 11.9. The van der Waals surface area contributed by atoms with Crippen LogP contribution in [0, 0.1) is 11.8 Å². The van der Waals surface area contributed by atoms with Gasteiger partial charge in [-0.05, 0) is 24.3 Å². The van der Waals surface area contributed by atoms with E-state index in [9.17, 15) is 9.59 Å². The molecular formula is C16H22N2O3S. The summed E-state index contributed by atoms with van der Waals surface area (Å²) >= 11 is 1.43. The second-order valence-corrected chi connectivity index (χ2v) is 6.68. The fraction of sp³-hybridized carbons (Fsp3) is 0.562. The van der Waals surface area contributed by atoms with Gasteiger partial charge in [0, 0.05) is 23.7 Å². The molecule has 0 spiro atoms. The zero-order chi connectivity index (χ0) is 15.9. The quantitative estimate of drug-likeness (QED) is 0.668. The number of carbonyl (C=O) groups is 2. The highest BCUT2D eigenvalue weighted by Gasteiger charge is 2.28. The highest BCUT2D eigenvalue weighted by molar-refractivity contribution is 7.10. The first-order chi connectivity index (χ1) is 10.6. The third-order valence-electron chi connectivity index (χ3n) is 4.21. The Bertz CT molecular complexity index is 528. The number of nitrogens with zero attached hydrogens (tertiary/aromatic N) is 1. The fourth-order valence-electron chi connectivity index (χ4n) is 2.68. The maximum absolute atomic E-state index is 11.9. The Morgan fingerprint density at radius 3 is 3.00 bits per heavy atom. The van der Waals surface area contributed by atoms with Crippen LogP contribution in [0.1, 0.15) is 38.1 Å². The summed E-state index contributed by atoms with van der Waals surface area (Å²) in [6, 6.07) is 0.181. The van der Waals surface area contributed by atoms with E-state index < -0.39 is 5.97 Å². The molecule has 1 heterocycles. The van der Waals surface area contributed by atoms with Gasteiger partial charge in [0.05, 0.1) is 0 Å². The Hall–Kier alpha value is -1.69. The molecule has 22 heavy (non-hydrogen) atoms. The predicted molar refractivity (Wildman–Crippen MR) is 86.2 cm³/mol. The number of aromatic nitrogens is 1. The monoisotopic (exact) mass is 322 g/mol. The summed E-state index contributed by atoms with van der Waals surface area (Å²) in [6.07, 6.45) is 7.87. The normalized spacial score (nSPS) is 25.1. The van der Waals surface area contributed by atoms with Crippen LogP contribution in [0.2, 0.25) is 0 Å². The molecule has 1 aliphatic rings. The van der Waals surface area contributed by atoms with Crippen molar-refractivity contribution in [1.29, 1.82) is 0 Å². The summed E-state index contributed by atoms with van der Waals surface area (Å²) in [4.78, 5) is 27.4. The lowest BCUT2D eigenvalue weighted by Crippen LogP contribution is -2.45. The minimum Gasteiger partial charge on any atom is -0.452 e. The molecule has 1 aliphatic carbocycles. The highest BCUT2D eigenvalue weighted by atomic mass is 32.1. The predicted octanol–water partition coefficient (Wildman–Crippen LogP) is 2.64. The molecular weight excluding hydrogens is 300 g/mol. The number of hydrogen-bond donors (Lipinski definition) is 1. The smallest absolute Gasteiger partial charge is 0.331 e. The van der Waals surface area contributed by atoms with Crippen LogP contribution >= 0.6 is 11.3 Å². The number of nitrogens with one attached hydrogen (secondary N) is 1. The molecule has 1 aromatic rings. The first-order valence-electron chi connectivity index (χ1n) is 7.60. The standard InChI is InChI=1S/C16H22N2O3S/c1-11-4-3-5-13(12(11)2)18-14(19)10-21-16(20)7-6-15-17-8-9-22-15/h6-9,11-13H,3-5,10H2,1-2H3,(H,18,19)/b7-6+. The number of amides is 1. The van der Waals surface area contributed by atoms with Crippen LogP contribution in [0.5, 0.6) is 0 Å². The topological polar surface area (TPSA) is 68.3 Å². The Labute approximate surface area is 134 Å². The van der Waals surface area contributed by atoms with E-state index in [2.05, 4.69) is 24.1 Å². The van der Waals surface area contributed by atoms with Gasteiger partial charge in [-0.15, -0.1) is 11.3 Å². The summed E-state index contributed by atoms with van der Waals surface area (Å²) in [5.74, 6) is 0.304. The Morgan fingerprint density at radius 1 is 1.45 bits per heavy atom. The van der Waals surface area contributed by atoms with Gasteiger partial charge in [-0.3, -0.25) is 4.79 Å². The van der Waals surface area contributed by atoms with Gasteiger partial charge in [0.25, 0.3) is 5.91 Å². The molecule has 3 unspecified atom stereocenters. The van der Waals surface area contributed by atoms with Crippen LogP contribution < -0.4 is 5.32 Å². The third-order valence-corrected chi connectivity index (χ3v) is 4.95. The molecule has 1 aromatic heterocycles. The van der Waals surface area contributed by atoms with Gasteiger partial charge in [-0.25, -0.2) is 9.78 Å². The fourth-order valence-corrected chi connectivity index (χ4v) is 3.20. The molecule has 1 N–H and O–H groups in total. The van der Waals surface area contributed by atoms with Gasteiger partial charge in [0.15, 0.2) is 6.61 Å². The van der Waals surface area contributed by atoms with Gasteiger partial charge in [0.2, 0.25) is 0 Å². The zero-order valence-electron chi connectivity index (χ0n) is 13.0. The number of esters is 1. The van der Waals surface area contributed by atoms with E-state index in [4.69, 9.17) is 4.74 Å². The molecule has 1 saturated carbocycles. The van der Waals surface area contributed by atoms with Crippen LogP contribution in [-0.2, 0) is 14.3 Å². The average molecular weight is 322 g/mol. The molecule has 0 aromatic carbocycles. The second-order valence-electron chi connectivity index (χ2n) is 5.75. The van der Waals surface area contributed by atoms with E-state index in [0.29, 0.717) is 11.8 Å². The SMILES string of the molecule is CC1CCCC(NC(=O)COC(=O)/C=C/c2nccs2)C1C. The molecule has 6 heteroatoms. The Balaban J connectivity index is 1.72. The lowest BCUT2D eigenvalue weighted by atomic mass is 9.78. The van der Waals surface area contributed by atoms with Gasteiger partial charge in [-0.1, -0.05) is 26.7 Å². The van der Waals surface area contributed by atoms with Crippen molar-refractivity contribution >= 4 is 29.3 Å². The van der Waals surface area contributed by atoms with Crippen molar-refractivity contribution in [2.75, 3.05) is 6.61 Å². The van der Waals surface area contributed by atoms with Crippen LogP contribution in [0.15, 0.2) is 17.7 Å². The molecule has 0 bridgehead atoms. The largest absolute Gasteiger partial charge is 0.452 e. The van der Waals surface area contributed by atoms with E-state index in [1.807, 2.05) is 5.38 Å². The lowest BCUT2D eigenvalue weighted by molar-refractivity contribution is -0.144. The summed E-state index contributed by atoms with van der Waals surface area (Å²) in [7, 11) is 0. The van der Waals surface area contributed by atoms with E-state index in [0.717, 1.165) is 17.8 Å². The Morgan fingerprint density at radius 2 is 2.27 bits per heavy atom. The molecule has 0 saturated heterocycles. The molecule has 5 nitrogen and oxygen atoms in total. The van der Waals surface area contributed by atoms with Gasteiger partial charge >= 0.3 is 5.97 Å². The van der Waals surface area contributed by atoms with Crippen molar-refractivity contribution in [3.05, 3.63) is 22.7 Å². The molecule has 2 rings (SSSR count). The lowest BCUT2D eigenvalue weighted by Gasteiger charge is -2.34. The number of thiazole rings is 1. The van der Waals surface area contributed by atoms with E-state index >= 15 is 0 Å². The second kappa shape index (κ2) is 8.08. The molecule has 120 valence electrons. The molecule has 0 aliphatic heterocycles. The van der Waals surface area contributed by atoms with Crippen molar-refractivity contribution < 1.29 is 14.3 Å². The van der Waals surface area contributed by atoms with Crippen LogP contribution in [-0.4, -0.2) is 29.5 Å². The average Bonchev–Trinajstić information content (AvgIpc) is 3.01. The highest BCUT2D eigenvalue weighted by Crippen LogP contribution is 2.29. The van der Waals surface area contributed by atoms with Crippen LogP contribution in [0.4, 0.5) is 0 Å². The first kappa shape index (κ1) is 16.7. The van der Waals surface area contributed by atoms with Crippen LogP contribution in [0.25, 0.3) is 6.08 Å². The summed E-state index contributed by atoms with van der Waals surface area (Å²) in [5.41, 5.74) is 0. The summed E-state index contributed by atoms with van der Waals surface area (Å²) < 4.78 is 4.94. The van der Waals surface area contributed by atoms with Crippen molar-refractivity contribution in [1.82, 2.24) is 10.3 Å². The number of hydrogen-bond acceptors (Lipinski definition) is 5. The van der Waals surface area contributed by atoms with E-state index in [1.165, 1.54) is 23.8 Å². The Kier molecular flexibility index (Phi) is 6.12. The van der Waals surface area contributed by atoms with Crippen molar-refractivity contribution in [2.45, 2.75) is 39.2 Å². The van der Waals surface area contributed by atoms with Gasteiger partial charge in [0.1, 0.15) is 5.01 Å². The first-order valence-corrected chi connectivity index (χ1v) is 8.48. The number of carbonyl (C=O) groups excluding carboxylic acids is 2. The molecule has 1 amide bonds. The van der Waals surface area contributed by atoms with E-state index in [-0.39, 0.29) is 18.6 Å². The third kappa shape index (κ3) is 4.94. The zero-order valence-corrected chi connectivity index (χ0v) is 13.8. The molecule has 3 atom stereocenters.